The normalized spacial score (nSPS) is 25.3. The summed E-state index contributed by atoms with van der Waals surface area (Å²) in [6.45, 7) is 1.86. The average Bonchev–Trinajstić information content (AvgIpc) is 2.33. The highest BCUT2D eigenvalue weighted by molar-refractivity contribution is 7.59. The van der Waals surface area contributed by atoms with Crippen LogP contribution in [0, 0.1) is 0 Å². The Kier molecular flexibility index (Phi) is 3.11. The molecule has 1 atom stereocenters. The van der Waals surface area contributed by atoms with Crippen LogP contribution in [0.5, 0.6) is 0 Å². The van der Waals surface area contributed by atoms with Crippen LogP contribution in [0.4, 0.5) is 0 Å². The zero-order chi connectivity index (χ0) is 8.32. The summed E-state index contributed by atoms with van der Waals surface area (Å²) in [5.74, 6) is 0. The molecule has 3 nitrogen and oxygen atoms in total. The van der Waals surface area contributed by atoms with Gasteiger partial charge in [0, 0.05) is 12.3 Å². The fraction of sp³-hybridized carbons (Fsp3) is 1.00. The summed E-state index contributed by atoms with van der Waals surface area (Å²) in [5, 5.41) is 8.88. The van der Waals surface area contributed by atoms with Crippen LogP contribution in [0.25, 0.3) is 0 Å². The molecule has 1 aliphatic rings. The van der Waals surface area contributed by atoms with Gasteiger partial charge in [-0.05, 0) is 19.8 Å². The molecule has 0 aromatic heterocycles. The smallest absolute Gasteiger partial charge is 0.203 e. The van der Waals surface area contributed by atoms with Gasteiger partial charge in [0.05, 0.1) is 12.7 Å². The Balaban J connectivity index is 2.29. The first-order chi connectivity index (χ1) is 5.12. The van der Waals surface area contributed by atoms with Crippen LogP contribution < -0.4 is 0 Å². The molecule has 1 unspecified atom stereocenters. The maximum absolute atomic E-state index is 11.6. The summed E-state index contributed by atoms with van der Waals surface area (Å²) in [6.07, 6.45) is 2.94. The molecule has 0 radical (unpaired) electrons. The van der Waals surface area contributed by atoms with E-state index in [1.165, 1.54) is 0 Å². The second-order valence-electron chi connectivity index (χ2n) is 3.11. The molecule has 1 saturated heterocycles. The van der Waals surface area contributed by atoms with Crippen molar-refractivity contribution in [3.63, 3.8) is 0 Å². The van der Waals surface area contributed by atoms with E-state index in [4.69, 9.17) is 9.63 Å². The Morgan fingerprint density at radius 2 is 2.09 bits per heavy atom. The lowest BCUT2D eigenvalue weighted by Gasteiger charge is -2.12. The van der Waals surface area contributed by atoms with Crippen LogP contribution in [0.3, 0.4) is 0 Å². The van der Waals surface area contributed by atoms with E-state index in [1.807, 2.05) is 0 Å². The number of hydrogen-bond donors (Lipinski definition) is 1. The molecular weight excluding hydrogens is 163 g/mol. The largest absolute Gasteiger partial charge is 0.391 e. The third-order valence-corrected chi connectivity index (χ3v) is 4.41. The zero-order valence-corrected chi connectivity index (χ0v) is 7.72. The molecule has 0 bridgehead atoms. The fourth-order valence-electron chi connectivity index (χ4n) is 1.19. The van der Waals surface area contributed by atoms with Crippen LogP contribution in [0.2, 0.25) is 0 Å². The highest BCUT2D eigenvalue weighted by atomic mass is 31.2. The maximum atomic E-state index is 11.6. The summed E-state index contributed by atoms with van der Waals surface area (Å²) >= 11 is 0. The number of rotatable bonds is 3. The van der Waals surface area contributed by atoms with Gasteiger partial charge in [-0.1, -0.05) is 0 Å². The highest BCUT2D eigenvalue weighted by Gasteiger charge is 2.27. The molecule has 66 valence electrons. The van der Waals surface area contributed by atoms with Crippen LogP contribution in [-0.2, 0) is 9.09 Å². The second kappa shape index (κ2) is 3.70. The van der Waals surface area contributed by atoms with E-state index in [9.17, 15) is 4.57 Å². The predicted octanol–water partition coefficient (Wildman–Crippen LogP) is 1.46. The molecule has 11 heavy (non-hydrogen) atoms. The van der Waals surface area contributed by atoms with Crippen molar-refractivity contribution in [3.05, 3.63) is 0 Å². The Morgan fingerprint density at radius 1 is 1.55 bits per heavy atom. The Hall–Kier alpha value is 0.150. The minimum atomic E-state index is -2.28. The monoisotopic (exact) mass is 178 g/mol. The molecule has 1 N–H and O–H groups in total. The SMILES string of the molecule is CC(O)COP1(=O)CCCC1. The molecule has 1 heterocycles. The lowest BCUT2D eigenvalue weighted by molar-refractivity contribution is 0.124. The van der Waals surface area contributed by atoms with Gasteiger partial charge < -0.3 is 9.63 Å². The third-order valence-electron chi connectivity index (χ3n) is 1.80. The molecule has 0 spiro atoms. The van der Waals surface area contributed by atoms with Gasteiger partial charge in [0.1, 0.15) is 0 Å². The third kappa shape index (κ3) is 2.94. The van der Waals surface area contributed by atoms with Crippen LogP contribution in [0.1, 0.15) is 19.8 Å². The summed E-state index contributed by atoms with van der Waals surface area (Å²) < 4.78 is 16.7. The van der Waals surface area contributed by atoms with Gasteiger partial charge >= 0.3 is 0 Å². The van der Waals surface area contributed by atoms with Gasteiger partial charge in [0.15, 0.2) is 0 Å². The van der Waals surface area contributed by atoms with Crippen LogP contribution in [0.15, 0.2) is 0 Å². The molecule has 0 saturated carbocycles. The molecule has 4 heteroatoms. The standard InChI is InChI=1S/C7H15O3P/c1-7(8)6-10-11(9)4-2-3-5-11/h7-8H,2-6H2,1H3. The van der Waals surface area contributed by atoms with Gasteiger partial charge in [-0.15, -0.1) is 0 Å². The summed E-state index contributed by atoms with van der Waals surface area (Å²) in [4.78, 5) is 0. The topological polar surface area (TPSA) is 46.5 Å². The Bertz CT molecular complexity index is 157. The van der Waals surface area contributed by atoms with Crippen molar-refractivity contribution in [1.29, 1.82) is 0 Å². The minimum absolute atomic E-state index is 0.220. The molecule has 0 aromatic rings. The van der Waals surface area contributed by atoms with E-state index in [2.05, 4.69) is 0 Å². The minimum Gasteiger partial charge on any atom is -0.391 e. The van der Waals surface area contributed by atoms with Crippen molar-refractivity contribution in [1.82, 2.24) is 0 Å². The van der Waals surface area contributed by atoms with E-state index < -0.39 is 13.5 Å². The fourth-order valence-corrected chi connectivity index (χ4v) is 3.57. The summed E-state index contributed by atoms with van der Waals surface area (Å²) in [5.41, 5.74) is 0. The average molecular weight is 178 g/mol. The molecule has 0 amide bonds. The Labute approximate surface area is 67.2 Å². The van der Waals surface area contributed by atoms with Crippen LogP contribution in [-0.4, -0.2) is 30.1 Å². The molecule has 1 rings (SSSR count). The summed E-state index contributed by atoms with van der Waals surface area (Å²) in [7, 11) is -2.28. The van der Waals surface area contributed by atoms with E-state index in [0.717, 1.165) is 12.8 Å². The van der Waals surface area contributed by atoms with E-state index >= 15 is 0 Å². The van der Waals surface area contributed by atoms with Crippen molar-refractivity contribution >= 4 is 7.37 Å². The lowest BCUT2D eigenvalue weighted by Crippen LogP contribution is -2.09. The summed E-state index contributed by atoms with van der Waals surface area (Å²) in [6, 6.07) is 0. The van der Waals surface area contributed by atoms with Gasteiger partial charge in [-0.2, -0.15) is 0 Å². The number of aliphatic hydroxyl groups excluding tert-OH is 1. The van der Waals surface area contributed by atoms with Crippen LogP contribution >= 0.6 is 7.37 Å². The van der Waals surface area contributed by atoms with Crippen molar-refractivity contribution in [3.8, 4) is 0 Å². The molecule has 1 fully saturated rings. The quantitative estimate of drug-likeness (QED) is 0.665. The maximum Gasteiger partial charge on any atom is 0.203 e. The van der Waals surface area contributed by atoms with Crippen molar-refractivity contribution < 1.29 is 14.2 Å². The van der Waals surface area contributed by atoms with Crippen molar-refractivity contribution in [2.75, 3.05) is 18.9 Å². The highest BCUT2D eigenvalue weighted by Crippen LogP contribution is 2.52. The van der Waals surface area contributed by atoms with Crippen molar-refractivity contribution in [2.45, 2.75) is 25.9 Å². The zero-order valence-electron chi connectivity index (χ0n) is 6.82. The molecular formula is C7H15O3P. The first kappa shape index (κ1) is 9.24. The van der Waals surface area contributed by atoms with E-state index in [1.54, 1.807) is 6.92 Å². The molecule has 0 aliphatic carbocycles. The first-order valence-corrected chi connectivity index (χ1v) is 6.03. The van der Waals surface area contributed by atoms with Gasteiger partial charge in [-0.3, -0.25) is 4.57 Å². The van der Waals surface area contributed by atoms with Gasteiger partial charge in [-0.25, -0.2) is 0 Å². The second-order valence-corrected chi connectivity index (χ2v) is 5.90. The van der Waals surface area contributed by atoms with Gasteiger partial charge in [0.2, 0.25) is 7.37 Å². The first-order valence-electron chi connectivity index (χ1n) is 4.03. The number of aliphatic hydroxyl groups is 1. The van der Waals surface area contributed by atoms with Crippen molar-refractivity contribution in [2.24, 2.45) is 0 Å². The lowest BCUT2D eigenvalue weighted by atomic mass is 10.4. The van der Waals surface area contributed by atoms with Gasteiger partial charge in [0.25, 0.3) is 0 Å². The van der Waals surface area contributed by atoms with E-state index in [0.29, 0.717) is 12.3 Å². The van der Waals surface area contributed by atoms with E-state index in [-0.39, 0.29) is 6.61 Å². The number of hydrogen-bond acceptors (Lipinski definition) is 3. The predicted molar refractivity (Wildman–Crippen MR) is 44.2 cm³/mol. The molecule has 0 aromatic carbocycles. The Morgan fingerprint density at radius 3 is 2.55 bits per heavy atom. The molecule has 1 aliphatic heterocycles.